The molecular formula is C26H23ClF3NO6. The van der Waals surface area contributed by atoms with Crippen LogP contribution in [0.4, 0.5) is 18.9 Å². The van der Waals surface area contributed by atoms with Crippen molar-refractivity contribution in [3.8, 4) is 17.2 Å². The quantitative estimate of drug-likeness (QED) is 0.345. The highest BCUT2D eigenvalue weighted by atomic mass is 35.5. The fraction of sp³-hybridized carbons (Fsp3) is 0.231. The molecule has 1 N–H and O–H groups in total. The number of alkyl halides is 3. The molecule has 0 radical (unpaired) electrons. The molecule has 1 amide bonds. The van der Waals surface area contributed by atoms with Crippen LogP contribution in [0.5, 0.6) is 17.2 Å². The van der Waals surface area contributed by atoms with Crippen LogP contribution in [0.15, 0.2) is 60.7 Å². The molecule has 0 heterocycles. The number of halogens is 4. The fourth-order valence-electron chi connectivity index (χ4n) is 3.51. The fourth-order valence-corrected chi connectivity index (χ4v) is 3.73. The third kappa shape index (κ3) is 6.85. The lowest BCUT2D eigenvalue weighted by atomic mass is 10.1. The molecule has 0 saturated heterocycles. The average molecular weight is 538 g/mol. The maximum absolute atomic E-state index is 13.2. The van der Waals surface area contributed by atoms with Crippen LogP contribution in [0.2, 0.25) is 5.02 Å². The Labute approximate surface area is 216 Å². The van der Waals surface area contributed by atoms with E-state index in [1.807, 2.05) is 0 Å². The van der Waals surface area contributed by atoms with Crippen LogP contribution in [-0.4, -0.2) is 33.2 Å². The van der Waals surface area contributed by atoms with Gasteiger partial charge in [0.2, 0.25) is 11.9 Å². The molecular weight excluding hydrogens is 515 g/mol. The third-order valence-corrected chi connectivity index (χ3v) is 5.53. The van der Waals surface area contributed by atoms with Gasteiger partial charge in [0.15, 0.2) is 11.5 Å². The summed E-state index contributed by atoms with van der Waals surface area (Å²) in [5.41, 5.74) is -0.492. The Kier molecular flexibility index (Phi) is 8.88. The molecule has 7 nitrogen and oxygen atoms in total. The molecule has 0 saturated carbocycles. The van der Waals surface area contributed by atoms with Crippen LogP contribution in [0.1, 0.15) is 22.8 Å². The number of hydrogen-bond donors (Lipinski definition) is 1. The van der Waals surface area contributed by atoms with Gasteiger partial charge < -0.3 is 24.3 Å². The second-order valence-electron chi connectivity index (χ2n) is 7.67. The molecule has 3 aromatic carbocycles. The number of benzene rings is 3. The number of nitrogens with one attached hydrogen (secondary N) is 1. The van der Waals surface area contributed by atoms with E-state index in [1.54, 1.807) is 42.5 Å². The number of ether oxygens (including phenoxy) is 4. The van der Waals surface area contributed by atoms with Crippen LogP contribution in [0.25, 0.3) is 0 Å². The van der Waals surface area contributed by atoms with Crippen LogP contribution in [0, 0.1) is 0 Å². The van der Waals surface area contributed by atoms with E-state index in [4.69, 9.17) is 30.5 Å². The van der Waals surface area contributed by atoms with Gasteiger partial charge in [-0.1, -0.05) is 41.9 Å². The minimum Gasteiger partial charge on any atom is -0.493 e. The number of methoxy groups -OCH3 is 3. The highest BCUT2D eigenvalue weighted by Gasteiger charge is 2.34. The van der Waals surface area contributed by atoms with Gasteiger partial charge in [0.05, 0.1) is 38.3 Å². The van der Waals surface area contributed by atoms with Gasteiger partial charge in [-0.15, -0.1) is 0 Å². The molecule has 0 unspecified atom stereocenters. The first-order valence-electron chi connectivity index (χ1n) is 10.8. The Bertz CT molecular complexity index is 1240. The molecule has 0 aromatic heterocycles. The Hall–Kier alpha value is -3.92. The number of anilines is 1. The summed E-state index contributed by atoms with van der Waals surface area (Å²) in [4.78, 5) is 25.9. The predicted octanol–water partition coefficient (Wildman–Crippen LogP) is 5.85. The molecule has 1 atom stereocenters. The molecule has 11 heteroatoms. The van der Waals surface area contributed by atoms with E-state index in [0.717, 1.165) is 6.07 Å². The van der Waals surface area contributed by atoms with Crippen molar-refractivity contribution in [2.45, 2.75) is 18.7 Å². The highest BCUT2D eigenvalue weighted by Crippen LogP contribution is 2.39. The summed E-state index contributed by atoms with van der Waals surface area (Å²) >= 11 is 5.66. The molecule has 0 aliphatic heterocycles. The summed E-state index contributed by atoms with van der Waals surface area (Å²) in [7, 11) is 4.29. The van der Waals surface area contributed by atoms with E-state index < -0.39 is 34.7 Å². The molecule has 0 aliphatic rings. The molecule has 196 valence electrons. The Morgan fingerprint density at radius 3 is 2.08 bits per heavy atom. The highest BCUT2D eigenvalue weighted by molar-refractivity contribution is 6.31. The maximum Gasteiger partial charge on any atom is 0.417 e. The average Bonchev–Trinajstić information content (AvgIpc) is 2.87. The lowest BCUT2D eigenvalue weighted by molar-refractivity contribution is -0.154. The predicted molar refractivity (Wildman–Crippen MR) is 130 cm³/mol. The molecule has 3 rings (SSSR count). The van der Waals surface area contributed by atoms with E-state index in [9.17, 15) is 22.8 Å². The lowest BCUT2D eigenvalue weighted by Crippen LogP contribution is -2.26. The molecule has 37 heavy (non-hydrogen) atoms. The number of carbonyl (C=O) groups excluding carboxylic acids is 2. The molecule has 0 fully saturated rings. The maximum atomic E-state index is 13.2. The lowest BCUT2D eigenvalue weighted by Gasteiger charge is -2.19. The molecule has 0 bridgehead atoms. The summed E-state index contributed by atoms with van der Waals surface area (Å²) in [6.45, 7) is 0. The van der Waals surface area contributed by atoms with Crippen molar-refractivity contribution in [1.29, 1.82) is 0 Å². The summed E-state index contributed by atoms with van der Waals surface area (Å²) < 4.78 is 61.0. The van der Waals surface area contributed by atoms with E-state index in [-0.39, 0.29) is 12.1 Å². The second-order valence-corrected chi connectivity index (χ2v) is 8.08. The van der Waals surface area contributed by atoms with Crippen LogP contribution in [-0.2, 0) is 26.9 Å². The van der Waals surface area contributed by atoms with Gasteiger partial charge >= 0.3 is 12.1 Å². The summed E-state index contributed by atoms with van der Waals surface area (Å²) in [5, 5.41) is 1.86. The van der Waals surface area contributed by atoms with Gasteiger partial charge in [-0.2, -0.15) is 13.2 Å². The van der Waals surface area contributed by atoms with Gasteiger partial charge in [0.25, 0.3) is 5.91 Å². The molecule has 0 aliphatic carbocycles. The normalized spacial score (nSPS) is 11.9. The Morgan fingerprint density at radius 2 is 1.54 bits per heavy atom. The SMILES string of the molecule is COc1cc(CC(=O)O[C@H](C(=O)Nc2ccc(Cl)c(C(F)(F)F)c2)c2ccccc2)cc(OC)c1OC. The first-order valence-corrected chi connectivity index (χ1v) is 11.2. The summed E-state index contributed by atoms with van der Waals surface area (Å²) in [6, 6.07) is 14.1. The number of carbonyl (C=O) groups is 2. The van der Waals surface area contributed by atoms with Gasteiger partial charge in [-0.05, 0) is 35.9 Å². The standard InChI is InChI=1S/C26H23ClF3NO6/c1-34-20-11-15(12-21(35-2)24(20)36-3)13-22(32)37-23(16-7-5-4-6-8-16)25(33)31-17-9-10-19(27)18(14-17)26(28,29)30/h4-12,14,23H,13H2,1-3H3,(H,31,33)/t23-/m0/s1. The second kappa shape index (κ2) is 11.9. The number of amides is 1. The topological polar surface area (TPSA) is 83.1 Å². The zero-order valence-corrected chi connectivity index (χ0v) is 20.8. The number of hydrogen-bond acceptors (Lipinski definition) is 6. The molecule has 0 spiro atoms. The van der Waals surface area contributed by atoms with Crippen LogP contribution < -0.4 is 19.5 Å². The van der Waals surface area contributed by atoms with Gasteiger partial charge in [-0.3, -0.25) is 9.59 Å². The van der Waals surface area contributed by atoms with Crippen molar-refractivity contribution in [1.82, 2.24) is 0 Å². The smallest absolute Gasteiger partial charge is 0.417 e. The number of esters is 1. The largest absolute Gasteiger partial charge is 0.493 e. The monoisotopic (exact) mass is 537 g/mol. The Morgan fingerprint density at radius 1 is 0.919 bits per heavy atom. The van der Waals surface area contributed by atoms with Crippen molar-refractivity contribution < 1.29 is 41.7 Å². The van der Waals surface area contributed by atoms with Crippen molar-refractivity contribution in [2.75, 3.05) is 26.6 Å². The van der Waals surface area contributed by atoms with E-state index in [2.05, 4.69) is 5.32 Å². The van der Waals surface area contributed by atoms with Crippen molar-refractivity contribution in [2.24, 2.45) is 0 Å². The third-order valence-electron chi connectivity index (χ3n) is 5.20. The van der Waals surface area contributed by atoms with Gasteiger partial charge in [0.1, 0.15) is 0 Å². The number of rotatable bonds is 9. The van der Waals surface area contributed by atoms with Crippen molar-refractivity contribution in [3.63, 3.8) is 0 Å². The zero-order chi connectivity index (χ0) is 27.2. The van der Waals surface area contributed by atoms with Crippen LogP contribution >= 0.6 is 11.6 Å². The van der Waals surface area contributed by atoms with Crippen LogP contribution in [0.3, 0.4) is 0 Å². The summed E-state index contributed by atoms with van der Waals surface area (Å²) in [5.74, 6) is -0.634. The minimum atomic E-state index is -4.72. The first kappa shape index (κ1) is 27.7. The minimum absolute atomic E-state index is 0.164. The Balaban J connectivity index is 1.85. The van der Waals surface area contributed by atoms with E-state index in [0.29, 0.717) is 34.4 Å². The van der Waals surface area contributed by atoms with Gasteiger partial charge in [0, 0.05) is 11.3 Å². The van der Waals surface area contributed by atoms with Crippen molar-refractivity contribution >= 4 is 29.2 Å². The van der Waals surface area contributed by atoms with Crippen molar-refractivity contribution in [3.05, 3.63) is 82.4 Å². The van der Waals surface area contributed by atoms with Gasteiger partial charge in [-0.25, -0.2) is 0 Å². The first-order chi connectivity index (χ1) is 17.6. The zero-order valence-electron chi connectivity index (χ0n) is 20.0. The van der Waals surface area contributed by atoms with E-state index >= 15 is 0 Å². The molecule has 3 aromatic rings. The van der Waals surface area contributed by atoms with E-state index in [1.165, 1.54) is 27.4 Å². The summed E-state index contributed by atoms with van der Waals surface area (Å²) in [6.07, 6.45) is -6.42.